The molecule has 1 saturated heterocycles. The second-order valence-corrected chi connectivity index (χ2v) is 9.29. The standard InChI is InChI=1S/C24H28N2O4/c1-24(2)14-18(25-11-5-6-12-25)21(20(28)15-24)19(27)10-7-13-26-22(29)16-8-3-4-9-17(16)23(26)30/h3-4,8-9H,5-7,10-15H2,1-2H3. The Morgan fingerprint density at radius 1 is 0.967 bits per heavy atom. The van der Waals surface area contributed by atoms with Crippen LogP contribution in [0.15, 0.2) is 35.5 Å². The van der Waals surface area contributed by atoms with Crippen molar-refractivity contribution in [2.75, 3.05) is 19.6 Å². The summed E-state index contributed by atoms with van der Waals surface area (Å²) in [6.07, 6.45) is 3.80. The highest BCUT2D eigenvalue weighted by Gasteiger charge is 2.39. The van der Waals surface area contributed by atoms with E-state index in [1.54, 1.807) is 24.3 Å². The largest absolute Gasteiger partial charge is 0.374 e. The molecular formula is C24H28N2O4. The van der Waals surface area contributed by atoms with E-state index in [-0.39, 0.29) is 41.8 Å². The number of rotatable bonds is 6. The fourth-order valence-electron chi connectivity index (χ4n) is 4.83. The van der Waals surface area contributed by atoms with Crippen molar-refractivity contribution in [3.8, 4) is 0 Å². The highest BCUT2D eigenvalue weighted by atomic mass is 16.2. The van der Waals surface area contributed by atoms with Gasteiger partial charge in [0.05, 0.1) is 16.7 Å². The first-order chi connectivity index (χ1) is 14.3. The van der Waals surface area contributed by atoms with Crippen LogP contribution >= 0.6 is 0 Å². The van der Waals surface area contributed by atoms with E-state index in [2.05, 4.69) is 18.7 Å². The zero-order chi connectivity index (χ0) is 21.5. The molecule has 1 fully saturated rings. The van der Waals surface area contributed by atoms with E-state index >= 15 is 0 Å². The van der Waals surface area contributed by atoms with Gasteiger partial charge in [-0.3, -0.25) is 24.1 Å². The van der Waals surface area contributed by atoms with Crippen LogP contribution in [0.1, 0.15) is 73.1 Å². The van der Waals surface area contributed by atoms with Gasteiger partial charge in [-0.25, -0.2) is 0 Å². The van der Waals surface area contributed by atoms with Crippen LogP contribution in [0.2, 0.25) is 0 Å². The first-order valence-corrected chi connectivity index (χ1v) is 10.8. The van der Waals surface area contributed by atoms with Gasteiger partial charge in [0.2, 0.25) is 0 Å². The Labute approximate surface area is 176 Å². The molecule has 2 amide bonds. The van der Waals surface area contributed by atoms with Gasteiger partial charge in [0.1, 0.15) is 0 Å². The molecule has 0 N–H and O–H groups in total. The molecule has 0 spiro atoms. The number of hydrogen-bond acceptors (Lipinski definition) is 5. The van der Waals surface area contributed by atoms with Crippen LogP contribution in [0.25, 0.3) is 0 Å². The monoisotopic (exact) mass is 408 g/mol. The first-order valence-electron chi connectivity index (χ1n) is 10.8. The van der Waals surface area contributed by atoms with Crippen molar-refractivity contribution in [1.82, 2.24) is 9.80 Å². The Kier molecular flexibility index (Phi) is 5.35. The van der Waals surface area contributed by atoms with E-state index < -0.39 is 0 Å². The molecular weight excluding hydrogens is 380 g/mol. The number of imide groups is 1. The maximum atomic E-state index is 13.0. The molecule has 4 rings (SSSR count). The fraction of sp³-hybridized carbons (Fsp3) is 0.500. The van der Waals surface area contributed by atoms with Gasteiger partial charge >= 0.3 is 0 Å². The van der Waals surface area contributed by atoms with Crippen LogP contribution in [0.3, 0.4) is 0 Å². The molecule has 0 unspecified atom stereocenters. The second kappa shape index (κ2) is 7.82. The van der Waals surface area contributed by atoms with E-state index in [0.29, 0.717) is 29.5 Å². The number of Topliss-reactive ketones (excluding diaryl/α,β-unsaturated/α-hetero) is 2. The highest BCUT2D eigenvalue weighted by Crippen LogP contribution is 2.40. The summed E-state index contributed by atoms with van der Waals surface area (Å²) in [6.45, 7) is 6.12. The zero-order valence-corrected chi connectivity index (χ0v) is 17.7. The van der Waals surface area contributed by atoms with Gasteiger partial charge in [-0.05, 0) is 43.2 Å². The molecule has 2 heterocycles. The topological polar surface area (TPSA) is 74.8 Å². The molecule has 6 heteroatoms. The minimum atomic E-state index is -0.310. The molecule has 0 saturated carbocycles. The lowest BCUT2D eigenvalue weighted by molar-refractivity contribution is -0.123. The number of benzene rings is 1. The Morgan fingerprint density at radius 2 is 1.57 bits per heavy atom. The fourth-order valence-corrected chi connectivity index (χ4v) is 4.83. The number of fused-ring (bicyclic) bond motifs is 1. The number of allylic oxidation sites excluding steroid dienone is 2. The molecule has 0 bridgehead atoms. The number of ketones is 2. The van der Waals surface area contributed by atoms with Gasteiger partial charge in [0.25, 0.3) is 11.8 Å². The van der Waals surface area contributed by atoms with Crippen LogP contribution in [0, 0.1) is 5.41 Å². The van der Waals surface area contributed by atoms with Gasteiger partial charge in [-0.2, -0.15) is 0 Å². The summed E-state index contributed by atoms with van der Waals surface area (Å²) >= 11 is 0. The molecule has 0 atom stereocenters. The molecule has 1 aliphatic carbocycles. The molecule has 0 radical (unpaired) electrons. The van der Waals surface area contributed by atoms with Crippen molar-refractivity contribution >= 4 is 23.4 Å². The quantitative estimate of drug-likeness (QED) is 0.533. The van der Waals surface area contributed by atoms with E-state index in [0.717, 1.165) is 38.0 Å². The normalized spacial score (nSPS) is 20.9. The molecule has 158 valence electrons. The number of likely N-dealkylation sites (tertiary alicyclic amines) is 1. The highest BCUT2D eigenvalue weighted by molar-refractivity contribution is 6.22. The third-order valence-corrected chi connectivity index (χ3v) is 6.28. The van der Waals surface area contributed by atoms with E-state index in [9.17, 15) is 19.2 Å². The molecule has 0 aromatic heterocycles. The molecule has 1 aromatic carbocycles. The Balaban J connectivity index is 1.46. The third kappa shape index (κ3) is 3.71. The Bertz CT molecular complexity index is 919. The summed E-state index contributed by atoms with van der Waals surface area (Å²) in [6, 6.07) is 6.77. The van der Waals surface area contributed by atoms with Gasteiger partial charge in [0, 0.05) is 38.2 Å². The van der Waals surface area contributed by atoms with Crippen molar-refractivity contribution in [2.24, 2.45) is 5.41 Å². The number of carbonyl (C=O) groups is 4. The maximum Gasteiger partial charge on any atom is 0.261 e. The van der Waals surface area contributed by atoms with Crippen molar-refractivity contribution in [3.63, 3.8) is 0 Å². The van der Waals surface area contributed by atoms with Crippen LogP contribution in [0.4, 0.5) is 0 Å². The van der Waals surface area contributed by atoms with Crippen LogP contribution in [-0.2, 0) is 9.59 Å². The molecule has 30 heavy (non-hydrogen) atoms. The van der Waals surface area contributed by atoms with Crippen LogP contribution in [0.5, 0.6) is 0 Å². The second-order valence-electron chi connectivity index (χ2n) is 9.29. The van der Waals surface area contributed by atoms with Crippen molar-refractivity contribution in [3.05, 3.63) is 46.7 Å². The van der Waals surface area contributed by atoms with Crippen molar-refractivity contribution in [2.45, 2.75) is 52.4 Å². The lowest BCUT2D eigenvalue weighted by Gasteiger charge is -2.36. The average molecular weight is 408 g/mol. The van der Waals surface area contributed by atoms with E-state index in [1.165, 1.54) is 4.90 Å². The number of hydrogen-bond donors (Lipinski definition) is 0. The van der Waals surface area contributed by atoms with E-state index in [4.69, 9.17) is 0 Å². The summed E-state index contributed by atoms with van der Waals surface area (Å²) in [5, 5.41) is 0. The molecule has 6 nitrogen and oxygen atoms in total. The maximum absolute atomic E-state index is 13.0. The average Bonchev–Trinajstić information content (AvgIpc) is 3.30. The Hall–Kier alpha value is -2.76. The summed E-state index contributed by atoms with van der Waals surface area (Å²) in [4.78, 5) is 54.3. The smallest absolute Gasteiger partial charge is 0.261 e. The first kappa shape index (κ1) is 20.5. The third-order valence-electron chi connectivity index (χ3n) is 6.28. The summed E-state index contributed by atoms with van der Waals surface area (Å²) in [5.41, 5.74) is 1.95. The minimum absolute atomic E-state index is 0.0705. The zero-order valence-electron chi connectivity index (χ0n) is 17.7. The molecule has 1 aromatic rings. The van der Waals surface area contributed by atoms with Crippen molar-refractivity contribution in [1.29, 1.82) is 0 Å². The molecule has 2 aliphatic heterocycles. The van der Waals surface area contributed by atoms with Gasteiger partial charge in [-0.1, -0.05) is 26.0 Å². The lowest BCUT2D eigenvalue weighted by atomic mass is 9.74. The summed E-state index contributed by atoms with van der Waals surface area (Å²) in [5.74, 6) is -0.848. The summed E-state index contributed by atoms with van der Waals surface area (Å²) in [7, 11) is 0. The van der Waals surface area contributed by atoms with Crippen molar-refractivity contribution < 1.29 is 19.2 Å². The predicted molar refractivity (Wildman–Crippen MR) is 112 cm³/mol. The van der Waals surface area contributed by atoms with Crippen LogP contribution in [-0.4, -0.2) is 52.8 Å². The predicted octanol–water partition coefficient (Wildman–Crippen LogP) is 3.37. The van der Waals surface area contributed by atoms with Gasteiger partial charge in [0.15, 0.2) is 11.6 Å². The van der Waals surface area contributed by atoms with Crippen LogP contribution < -0.4 is 0 Å². The summed E-state index contributed by atoms with van der Waals surface area (Å²) < 4.78 is 0. The van der Waals surface area contributed by atoms with Gasteiger partial charge in [-0.15, -0.1) is 0 Å². The lowest BCUT2D eigenvalue weighted by Crippen LogP contribution is -2.36. The number of amides is 2. The molecule has 3 aliphatic rings. The number of nitrogens with zero attached hydrogens (tertiary/aromatic N) is 2. The minimum Gasteiger partial charge on any atom is -0.374 e. The number of carbonyl (C=O) groups excluding carboxylic acids is 4. The van der Waals surface area contributed by atoms with Gasteiger partial charge < -0.3 is 4.90 Å². The Morgan fingerprint density at radius 3 is 2.17 bits per heavy atom. The van der Waals surface area contributed by atoms with E-state index in [1.807, 2.05) is 0 Å². The SMILES string of the molecule is CC1(C)CC(=O)C(C(=O)CCCN2C(=O)c3ccccc3C2=O)=C(N2CCCC2)C1.